The molecule has 1 aromatic carbocycles. The monoisotopic (exact) mass is 688 g/mol. The molecule has 1 saturated heterocycles. The van der Waals surface area contributed by atoms with E-state index in [4.69, 9.17) is 23.6 Å². The molecular formula is C35H56N4O8Si. The summed E-state index contributed by atoms with van der Waals surface area (Å²) >= 11 is 0. The number of pyridine rings is 1. The molecule has 0 radical (unpaired) electrons. The summed E-state index contributed by atoms with van der Waals surface area (Å²) in [5.41, 5.74) is -0.470. The lowest BCUT2D eigenvalue weighted by molar-refractivity contribution is -0.165. The summed E-state index contributed by atoms with van der Waals surface area (Å²) in [6, 6.07) is 9.49. The van der Waals surface area contributed by atoms with Gasteiger partial charge in [0.25, 0.3) is 0 Å². The Balaban J connectivity index is 1.73. The third-order valence-corrected chi connectivity index (χ3v) is 12.7. The molecule has 3 rings (SSSR count). The number of benzene rings is 1. The molecule has 1 fully saturated rings. The second-order valence-electron chi connectivity index (χ2n) is 16.0. The summed E-state index contributed by atoms with van der Waals surface area (Å²) in [6.45, 7) is 24.1. The minimum Gasteiger partial charge on any atom is -0.490 e. The van der Waals surface area contributed by atoms with E-state index in [9.17, 15) is 19.5 Å². The highest BCUT2D eigenvalue weighted by Gasteiger charge is 2.42. The Morgan fingerprint density at radius 1 is 1.00 bits per heavy atom. The van der Waals surface area contributed by atoms with Crippen LogP contribution in [-0.4, -0.2) is 98.1 Å². The van der Waals surface area contributed by atoms with Crippen molar-refractivity contribution in [2.24, 2.45) is 5.92 Å². The van der Waals surface area contributed by atoms with Crippen molar-refractivity contribution in [3.63, 3.8) is 0 Å². The van der Waals surface area contributed by atoms with Gasteiger partial charge in [-0.3, -0.25) is 0 Å². The molecule has 0 unspecified atom stereocenters. The highest BCUT2D eigenvalue weighted by molar-refractivity contribution is 6.74. The fourth-order valence-corrected chi connectivity index (χ4v) is 6.04. The molecule has 0 spiro atoms. The van der Waals surface area contributed by atoms with Crippen LogP contribution in [0.15, 0.2) is 30.3 Å². The highest BCUT2D eigenvalue weighted by Crippen LogP contribution is 2.37. The number of rotatable bonds is 13. The van der Waals surface area contributed by atoms with Crippen molar-refractivity contribution < 1.29 is 38.1 Å². The zero-order valence-electron chi connectivity index (χ0n) is 30.6. The lowest BCUT2D eigenvalue weighted by Gasteiger charge is -2.40. The number of amides is 2. The van der Waals surface area contributed by atoms with E-state index in [1.165, 1.54) is 4.90 Å². The Morgan fingerprint density at radius 2 is 1.65 bits per heavy atom. The second kappa shape index (κ2) is 15.3. The summed E-state index contributed by atoms with van der Waals surface area (Å²) in [5, 5.41) is 12.8. The number of fused-ring (bicyclic) bond motifs is 1. The molecule has 2 heterocycles. The van der Waals surface area contributed by atoms with E-state index in [1.54, 1.807) is 0 Å². The van der Waals surface area contributed by atoms with Gasteiger partial charge in [0.1, 0.15) is 29.4 Å². The third-order valence-electron chi connectivity index (χ3n) is 8.26. The van der Waals surface area contributed by atoms with Gasteiger partial charge >= 0.3 is 18.2 Å². The SMILES string of the molecule is CC(C)(C)OC(=O)NCCCN(CC1CN(C(=O)O)C1)c1ccc2cc(OC[C@@H](O[Si](C)(C)C(C)(C)C)C(=O)OC(C)(C)C)ccc2n1. The number of likely N-dealkylation sites (tertiary alicyclic amines) is 1. The predicted molar refractivity (Wildman–Crippen MR) is 189 cm³/mol. The van der Waals surface area contributed by atoms with Crippen LogP contribution in [0.5, 0.6) is 5.75 Å². The van der Waals surface area contributed by atoms with Crippen LogP contribution in [0, 0.1) is 5.92 Å². The van der Waals surface area contributed by atoms with Crippen molar-refractivity contribution in [1.82, 2.24) is 15.2 Å². The van der Waals surface area contributed by atoms with Crippen LogP contribution in [-0.2, 0) is 18.7 Å². The molecular weight excluding hydrogens is 632 g/mol. The Kier molecular flexibility index (Phi) is 12.4. The molecule has 268 valence electrons. The number of hydrogen-bond donors (Lipinski definition) is 2. The summed E-state index contributed by atoms with van der Waals surface area (Å²) < 4.78 is 23.6. The van der Waals surface area contributed by atoms with Crippen molar-refractivity contribution >= 4 is 43.2 Å². The number of ether oxygens (including phenoxy) is 3. The Bertz CT molecular complexity index is 1420. The van der Waals surface area contributed by atoms with Crippen LogP contribution < -0.4 is 15.0 Å². The van der Waals surface area contributed by atoms with Crippen LogP contribution in [0.25, 0.3) is 10.9 Å². The van der Waals surface area contributed by atoms with Gasteiger partial charge in [-0.25, -0.2) is 19.4 Å². The first kappa shape index (κ1) is 38.9. The number of nitrogens with one attached hydrogen (secondary N) is 1. The van der Waals surface area contributed by atoms with Crippen LogP contribution in [0.2, 0.25) is 18.1 Å². The number of nitrogens with zero attached hydrogens (tertiary/aromatic N) is 3. The Morgan fingerprint density at radius 3 is 2.23 bits per heavy atom. The highest BCUT2D eigenvalue weighted by atomic mass is 28.4. The van der Waals surface area contributed by atoms with Crippen LogP contribution in [0.3, 0.4) is 0 Å². The van der Waals surface area contributed by atoms with Crippen LogP contribution in [0.1, 0.15) is 68.7 Å². The van der Waals surface area contributed by atoms with E-state index in [0.29, 0.717) is 44.9 Å². The van der Waals surface area contributed by atoms with Crippen molar-refractivity contribution in [3.05, 3.63) is 30.3 Å². The fourth-order valence-electron chi connectivity index (χ4n) is 4.81. The van der Waals surface area contributed by atoms with E-state index < -0.39 is 43.8 Å². The molecule has 1 aliphatic heterocycles. The molecule has 1 aliphatic rings. The second-order valence-corrected chi connectivity index (χ2v) is 20.8. The van der Waals surface area contributed by atoms with Gasteiger partial charge in [-0.2, -0.15) is 0 Å². The molecule has 12 nitrogen and oxygen atoms in total. The number of aromatic nitrogens is 1. The van der Waals surface area contributed by atoms with E-state index in [1.807, 2.05) is 71.9 Å². The smallest absolute Gasteiger partial charge is 0.407 e. The summed E-state index contributed by atoms with van der Waals surface area (Å²) in [4.78, 5) is 45.0. The van der Waals surface area contributed by atoms with Gasteiger partial charge in [0.2, 0.25) is 0 Å². The molecule has 48 heavy (non-hydrogen) atoms. The standard InChI is InChI=1S/C35H56N4O8Si/c1-33(2,3)45-30(40)28(47-48(10,11)35(7,8)9)23-44-26-14-15-27-25(19-26)13-16-29(37-27)38(20-24-21-39(22-24)32(42)43)18-12-17-36-31(41)46-34(4,5)6/h13-16,19,24,28H,12,17-18,20-23H2,1-11H3,(H,36,41)(H,42,43)/t28-/m1/s1. The predicted octanol–water partition coefficient (Wildman–Crippen LogP) is 6.68. The Labute approximate surface area is 286 Å². The molecule has 1 atom stereocenters. The number of carbonyl (C=O) groups excluding carboxylic acids is 2. The van der Waals surface area contributed by atoms with Crippen LogP contribution in [0.4, 0.5) is 15.4 Å². The number of carboxylic acid groups (broad SMARTS) is 1. The largest absolute Gasteiger partial charge is 0.490 e. The zero-order chi connectivity index (χ0) is 36.1. The molecule has 1 aromatic heterocycles. The fraction of sp³-hybridized carbons (Fsp3) is 0.657. The average Bonchev–Trinajstić information content (AvgIpc) is 2.90. The lowest BCUT2D eigenvalue weighted by atomic mass is 10.00. The molecule has 0 bridgehead atoms. The normalized spacial score (nSPS) is 15.0. The first-order valence-corrected chi connectivity index (χ1v) is 19.6. The van der Waals surface area contributed by atoms with Gasteiger partial charge in [-0.15, -0.1) is 0 Å². The zero-order valence-corrected chi connectivity index (χ0v) is 31.6. The molecule has 0 aliphatic carbocycles. The van der Waals surface area contributed by atoms with Crippen LogP contribution >= 0.6 is 0 Å². The first-order chi connectivity index (χ1) is 22.0. The minimum absolute atomic E-state index is 0.0122. The first-order valence-electron chi connectivity index (χ1n) is 16.7. The average molecular weight is 689 g/mol. The molecule has 2 amide bonds. The molecule has 2 N–H and O–H groups in total. The van der Waals surface area contributed by atoms with E-state index >= 15 is 0 Å². The number of esters is 1. The maximum atomic E-state index is 13.2. The Hall–Kier alpha value is -3.58. The summed E-state index contributed by atoms with van der Waals surface area (Å²) in [6.07, 6.45) is -1.60. The number of alkyl carbamates (subject to hydrolysis) is 1. The summed E-state index contributed by atoms with van der Waals surface area (Å²) in [7, 11) is -2.31. The molecule has 2 aromatic rings. The maximum absolute atomic E-state index is 13.2. The van der Waals surface area contributed by atoms with Crippen molar-refractivity contribution in [2.45, 2.75) is 104 Å². The lowest BCUT2D eigenvalue weighted by Crippen LogP contribution is -2.53. The maximum Gasteiger partial charge on any atom is 0.407 e. The van der Waals surface area contributed by atoms with Gasteiger partial charge in [0, 0.05) is 44.0 Å². The van der Waals surface area contributed by atoms with Gasteiger partial charge in [-0.1, -0.05) is 20.8 Å². The topological polar surface area (TPSA) is 140 Å². The minimum atomic E-state index is -2.31. The van der Waals surface area contributed by atoms with Crippen molar-refractivity contribution in [3.8, 4) is 5.75 Å². The van der Waals surface area contributed by atoms with Gasteiger partial charge < -0.3 is 38.9 Å². The van der Waals surface area contributed by atoms with E-state index in [0.717, 1.165) is 16.7 Å². The molecule has 13 heteroatoms. The number of hydrogen-bond acceptors (Lipinski definition) is 9. The van der Waals surface area contributed by atoms with Crippen molar-refractivity contribution in [2.75, 3.05) is 44.2 Å². The number of anilines is 1. The van der Waals surface area contributed by atoms with E-state index in [2.05, 4.69) is 44.1 Å². The quantitative estimate of drug-likeness (QED) is 0.133. The van der Waals surface area contributed by atoms with Gasteiger partial charge in [-0.05, 0) is 96.4 Å². The van der Waals surface area contributed by atoms with E-state index in [-0.39, 0.29) is 17.6 Å². The van der Waals surface area contributed by atoms with Crippen molar-refractivity contribution in [1.29, 1.82) is 0 Å². The summed E-state index contributed by atoms with van der Waals surface area (Å²) in [5.74, 6) is 1.08. The number of carbonyl (C=O) groups is 3. The van der Waals surface area contributed by atoms with Gasteiger partial charge in [0.15, 0.2) is 14.4 Å². The van der Waals surface area contributed by atoms with Gasteiger partial charge in [0.05, 0.1) is 5.52 Å². The molecule has 0 saturated carbocycles. The third kappa shape index (κ3) is 11.8.